The van der Waals surface area contributed by atoms with Gasteiger partial charge in [0.05, 0.1) is 27.3 Å². The van der Waals surface area contributed by atoms with Crippen molar-refractivity contribution in [1.82, 2.24) is 0 Å². The Morgan fingerprint density at radius 3 is 1.37 bits per heavy atom. The summed E-state index contributed by atoms with van der Waals surface area (Å²) < 4.78 is 26.5. The van der Waals surface area contributed by atoms with Gasteiger partial charge in [0.1, 0.15) is 13.2 Å². The van der Waals surface area contributed by atoms with Gasteiger partial charge >= 0.3 is 19.8 Å². The number of carbonyl (C=O) groups excluding carboxylic acids is 1. The van der Waals surface area contributed by atoms with Gasteiger partial charge < -0.3 is 19.6 Å². The number of carbonyl (C=O) groups is 2. The maximum atomic E-state index is 11.7. The van der Waals surface area contributed by atoms with E-state index in [-0.39, 0.29) is 25.8 Å². The van der Waals surface area contributed by atoms with Gasteiger partial charge in [-0.1, -0.05) is 154 Å². The lowest BCUT2D eigenvalue weighted by molar-refractivity contribution is -0.858. The number of phosphoric ester groups is 1. The summed E-state index contributed by atoms with van der Waals surface area (Å²) >= 11 is 0. The summed E-state index contributed by atoms with van der Waals surface area (Å²) in [5.74, 6) is -0.872. The number of hydrogen-bond donors (Lipinski definition) is 3. The molecule has 0 rings (SSSR count). The predicted molar refractivity (Wildman–Crippen MR) is 212 cm³/mol. The standard InChI is InChI=1S/C23H48NO6P.C18H34O2/c1-4-5-6-7-8-9-10-11-12-13-14-15-16-18-23(25)28-20-17-21-29-31(26,27)30-22-19-24(2)3;1-2-3-4-5-6-7-8-9-10-11-12-13-14-15-16-17-18(19)20/h4-22H2,1-3H3,(H,26,27);9-10H,2-8,11-17H2,1H3,(H,19,20)/p+1/b;10-9-. The number of carboxylic acids is 1. The maximum Gasteiger partial charge on any atom is 0.472 e. The van der Waals surface area contributed by atoms with Gasteiger partial charge in [0.25, 0.3) is 0 Å². The highest BCUT2D eigenvalue weighted by atomic mass is 31.2. The molecule has 0 radical (unpaired) electrons. The summed E-state index contributed by atoms with van der Waals surface area (Å²) in [6.07, 6.45) is 38.6. The summed E-state index contributed by atoms with van der Waals surface area (Å²) in [4.78, 5) is 32.7. The number of allylic oxidation sites excluding steroid dienone is 2. The zero-order chi connectivity index (χ0) is 38.1. The fraction of sp³-hybridized carbons (Fsp3) is 0.902. The second-order valence-corrected chi connectivity index (χ2v) is 15.8. The summed E-state index contributed by atoms with van der Waals surface area (Å²) in [6, 6.07) is 0. The Balaban J connectivity index is 0. The molecule has 0 spiro atoms. The highest BCUT2D eigenvalue weighted by molar-refractivity contribution is 7.47. The highest BCUT2D eigenvalue weighted by Crippen LogP contribution is 2.42. The molecular formula is C41H83NO8P+. The normalized spacial score (nSPS) is 12.6. The van der Waals surface area contributed by atoms with Crippen molar-refractivity contribution in [3.05, 3.63) is 12.2 Å². The molecule has 0 aromatic rings. The van der Waals surface area contributed by atoms with Crippen molar-refractivity contribution in [3.8, 4) is 0 Å². The van der Waals surface area contributed by atoms with Gasteiger partial charge in [0.15, 0.2) is 0 Å². The van der Waals surface area contributed by atoms with E-state index < -0.39 is 13.8 Å². The van der Waals surface area contributed by atoms with Crippen LogP contribution in [0.1, 0.15) is 200 Å². The molecule has 10 heteroatoms. The van der Waals surface area contributed by atoms with Crippen LogP contribution in [0.15, 0.2) is 12.2 Å². The van der Waals surface area contributed by atoms with Gasteiger partial charge in [0, 0.05) is 19.3 Å². The van der Waals surface area contributed by atoms with Crippen LogP contribution in [0, 0.1) is 0 Å². The van der Waals surface area contributed by atoms with Gasteiger partial charge in [-0.15, -0.1) is 0 Å². The van der Waals surface area contributed by atoms with Crippen molar-refractivity contribution < 1.29 is 42.8 Å². The van der Waals surface area contributed by atoms with Crippen LogP contribution in [0.5, 0.6) is 0 Å². The zero-order valence-electron chi connectivity index (χ0n) is 33.8. The van der Waals surface area contributed by atoms with E-state index >= 15 is 0 Å². The molecule has 0 heterocycles. The number of phosphoric acid groups is 1. The molecule has 0 aliphatic heterocycles. The third-order valence-corrected chi connectivity index (χ3v) is 9.82. The summed E-state index contributed by atoms with van der Waals surface area (Å²) in [5, 5.41) is 8.51. The third-order valence-electron chi connectivity index (χ3n) is 8.80. The first kappa shape index (κ1) is 51.9. The fourth-order valence-electron chi connectivity index (χ4n) is 5.53. The molecule has 0 bridgehead atoms. The highest BCUT2D eigenvalue weighted by Gasteiger charge is 2.21. The van der Waals surface area contributed by atoms with Crippen molar-refractivity contribution in [2.45, 2.75) is 200 Å². The van der Waals surface area contributed by atoms with Crippen molar-refractivity contribution in [2.24, 2.45) is 0 Å². The minimum absolute atomic E-state index is 0.0224. The van der Waals surface area contributed by atoms with Crippen LogP contribution in [0.3, 0.4) is 0 Å². The molecule has 1 unspecified atom stereocenters. The van der Waals surface area contributed by atoms with E-state index in [4.69, 9.17) is 18.9 Å². The smallest absolute Gasteiger partial charge is 0.472 e. The zero-order valence-corrected chi connectivity index (χ0v) is 34.7. The monoisotopic (exact) mass is 749 g/mol. The Morgan fingerprint density at radius 1 is 0.549 bits per heavy atom. The van der Waals surface area contributed by atoms with Crippen molar-refractivity contribution >= 4 is 19.8 Å². The fourth-order valence-corrected chi connectivity index (χ4v) is 6.29. The lowest BCUT2D eigenvalue weighted by atomic mass is 10.0. The SMILES string of the molecule is CCCCCCCC/C=C\CCCCCCCC(=O)O.CCCCCCCCCCCCCCCC(=O)OCCCOP(=O)(O)OCC[NH+](C)C. The van der Waals surface area contributed by atoms with Crippen LogP contribution < -0.4 is 4.90 Å². The Hall–Kier alpha value is -1.25. The van der Waals surface area contributed by atoms with E-state index in [9.17, 15) is 19.0 Å². The quantitative estimate of drug-likeness (QED) is 0.0247. The number of rotatable bonds is 38. The maximum absolute atomic E-state index is 11.7. The molecule has 0 saturated heterocycles. The third kappa shape index (κ3) is 48.8. The van der Waals surface area contributed by atoms with Crippen LogP contribution in [-0.4, -0.2) is 62.4 Å². The molecule has 0 saturated carbocycles. The molecule has 304 valence electrons. The first-order valence-electron chi connectivity index (χ1n) is 21.1. The van der Waals surface area contributed by atoms with E-state index in [1.54, 1.807) is 0 Å². The number of carboxylic acid groups (broad SMARTS) is 1. The van der Waals surface area contributed by atoms with Crippen LogP contribution in [-0.2, 0) is 27.9 Å². The first-order chi connectivity index (χ1) is 24.6. The average Bonchev–Trinajstić information content (AvgIpc) is 3.08. The number of nitrogens with one attached hydrogen (secondary N) is 1. The predicted octanol–water partition coefficient (Wildman–Crippen LogP) is 10.8. The Kier molecular flexibility index (Phi) is 42.2. The molecule has 0 aliphatic rings. The minimum atomic E-state index is -4.01. The number of quaternary nitrogens is 1. The largest absolute Gasteiger partial charge is 0.481 e. The molecule has 0 aliphatic carbocycles. The van der Waals surface area contributed by atoms with Gasteiger partial charge in [-0.05, 0) is 38.5 Å². The minimum Gasteiger partial charge on any atom is -0.481 e. The van der Waals surface area contributed by atoms with Crippen molar-refractivity contribution in [2.75, 3.05) is 40.5 Å². The second-order valence-electron chi connectivity index (χ2n) is 14.4. The van der Waals surface area contributed by atoms with E-state index in [1.807, 2.05) is 14.1 Å². The molecule has 9 nitrogen and oxygen atoms in total. The van der Waals surface area contributed by atoms with E-state index in [0.29, 0.717) is 25.8 Å². The number of esters is 1. The molecule has 0 fully saturated rings. The second kappa shape index (κ2) is 41.5. The van der Waals surface area contributed by atoms with Gasteiger partial charge in [-0.2, -0.15) is 0 Å². The van der Waals surface area contributed by atoms with E-state index in [2.05, 4.69) is 26.0 Å². The number of aliphatic carboxylic acids is 1. The Bertz CT molecular complexity index is 823. The van der Waals surface area contributed by atoms with Gasteiger partial charge in [0.2, 0.25) is 0 Å². The van der Waals surface area contributed by atoms with E-state index in [1.165, 1.54) is 141 Å². The molecule has 0 amide bonds. The molecule has 51 heavy (non-hydrogen) atoms. The molecule has 1 atom stereocenters. The Morgan fingerprint density at radius 2 is 0.941 bits per heavy atom. The number of unbranched alkanes of at least 4 members (excludes halogenated alkanes) is 23. The average molecular weight is 749 g/mol. The number of ether oxygens (including phenoxy) is 1. The lowest BCUT2D eigenvalue weighted by Crippen LogP contribution is -3.06. The lowest BCUT2D eigenvalue weighted by Gasteiger charge is -2.13. The number of likely N-dealkylation sites (N-methyl/N-ethyl adjacent to an activating group) is 1. The topological polar surface area (TPSA) is 124 Å². The van der Waals surface area contributed by atoms with Gasteiger partial charge in [-0.3, -0.25) is 18.6 Å². The van der Waals surface area contributed by atoms with Crippen LogP contribution in [0.2, 0.25) is 0 Å². The van der Waals surface area contributed by atoms with E-state index in [0.717, 1.165) is 30.6 Å². The first-order valence-corrected chi connectivity index (χ1v) is 22.6. The van der Waals surface area contributed by atoms with Crippen molar-refractivity contribution in [1.29, 1.82) is 0 Å². The summed E-state index contributed by atoms with van der Waals surface area (Å²) in [5.41, 5.74) is 0. The molecule has 0 aromatic carbocycles. The van der Waals surface area contributed by atoms with Crippen LogP contribution in [0.25, 0.3) is 0 Å². The Labute approximate surface area is 314 Å². The van der Waals surface area contributed by atoms with Crippen LogP contribution in [0.4, 0.5) is 0 Å². The van der Waals surface area contributed by atoms with Crippen LogP contribution >= 0.6 is 7.82 Å². The molecule has 0 aromatic heterocycles. The summed E-state index contributed by atoms with van der Waals surface area (Å²) in [7, 11) is -0.152. The summed E-state index contributed by atoms with van der Waals surface area (Å²) in [6.45, 7) is 5.50. The number of hydrogen-bond acceptors (Lipinski definition) is 6. The van der Waals surface area contributed by atoms with Crippen molar-refractivity contribution in [3.63, 3.8) is 0 Å². The van der Waals surface area contributed by atoms with Gasteiger partial charge in [-0.25, -0.2) is 4.57 Å². The molecular weight excluding hydrogens is 665 g/mol. The molecule has 3 N–H and O–H groups in total.